The Morgan fingerprint density at radius 1 is 0.385 bits per heavy atom. The fraction of sp³-hybridized carbons (Fsp3) is 0. The van der Waals surface area contributed by atoms with Crippen LogP contribution in [0.1, 0.15) is 16.0 Å². The second-order valence-corrected chi connectivity index (χ2v) is 19.1. The Hall–Kier alpha value is -7.96. The number of rotatable bonds is 3. The molecule has 0 unspecified atom stereocenters. The van der Waals surface area contributed by atoms with Crippen LogP contribution in [0.2, 0.25) is 0 Å². The van der Waals surface area contributed by atoms with Crippen molar-refractivity contribution in [2.24, 2.45) is 0 Å². The van der Waals surface area contributed by atoms with E-state index in [9.17, 15) is 0 Å². The van der Waals surface area contributed by atoms with E-state index in [-0.39, 0.29) is 0 Å². The van der Waals surface area contributed by atoms with Gasteiger partial charge in [-0.15, -0.1) is 22.7 Å². The second-order valence-electron chi connectivity index (χ2n) is 16.9. The normalized spacial score (nSPS) is 13.6. The highest BCUT2D eigenvalue weighted by Gasteiger charge is 2.21. The zero-order valence-corrected chi connectivity index (χ0v) is 36.6. The van der Waals surface area contributed by atoms with Crippen LogP contribution < -0.4 is 5.32 Å². The van der Waals surface area contributed by atoms with Crippen molar-refractivity contribution in [3.63, 3.8) is 0 Å². The first-order valence-corrected chi connectivity index (χ1v) is 23.7. The first-order valence-electron chi connectivity index (χ1n) is 22.1. The Morgan fingerprint density at radius 3 is 1.91 bits per heavy atom. The van der Waals surface area contributed by atoms with E-state index in [1.54, 1.807) is 0 Å². The van der Waals surface area contributed by atoms with Gasteiger partial charge < -0.3 is 14.5 Å². The van der Waals surface area contributed by atoms with Crippen LogP contribution >= 0.6 is 22.7 Å². The molecule has 14 rings (SSSR count). The lowest BCUT2D eigenvalue weighted by Gasteiger charge is -2.11. The molecule has 9 aromatic carbocycles. The summed E-state index contributed by atoms with van der Waals surface area (Å²) in [4.78, 5) is 1.24. The molecule has 4 aromatic heterocycles. The number of aromatic nitrogens is 2. The van der Waals surface area contributed by atoms with Gasteiger partial charge in [-0.1, -0.05) is 121 Å². The number of benzene rings is 9. The van der Waals surface area contributed by atoms with Crippen molar-refractivity contribution in [2.45, 2.75) is 0 Å². The molecule has 0 atom stereocenters. The Kier molecular flexibility index (Phi) is 8.02. The zero-order chi connectivity index (χ0) is 42.6. The maximum atomic E-state index is 3.64. The van der Waals surface area contributed by atoms with Gasteiger partial charge in [0.15, 0.2) is 0 Å². The average molecular weight is 864 g/mol. The van der Waals surface area contributed by atoms with Crippen molar-refractivity contribution >= 4 is 120 Å². The molecule has 5 heterocycles. The lowest BCUT2D eigenvalue weighted by atomic mass is 9.97. The van der Waals surface area contributed by atoms with E-state index in [0.29, 0.717) is 0 Å². The molecule has 0 saturated heterocycles. The molecule has 65 heavy (non-hydrogen) atoms. The van der Waals surface area contributed by atoms with E-state index < -0.39 is 0 Å². The summed E-state index contributed by atoms with van der Waals surface area (Å²) < 4.78 is 8.76. The number of hydrogen-bond donors (Lipinski definition) is 1. The SMILES string of the molecule is C1=C\c2sc3c(ccc4c3c3ccccc3n4-c3ccc4sc5ccc(-c6ccc7c(c6)c6ccccc6n7-c6ccccc6)cc5c4c3)c2/C=C/Nc2ccccc2-c2ccccc2/1. The molecule has 0 fully saturated rings. The fourth-order valence-electron chi connectivity index (χ4n) is 10.4. The van der Waals surface area contributed by atoms with Crippen LogP contribution in [0, 0.1) is 0 Å². The van der Waals surface area contributed by atoms with E-state index in [1.807, 2.05) is 22.7 Å². The predicted octanol–water partition coefficient (Wildman–Crippen LogP) is 17.4. The number of anilines is 1. The minimum atomic E-state index is 1.09. The van der Waals surface area contributed by atoms with E-state index >= 15 is 0 Å². The third-order valence-electron chi connectivity index (χ3n) is 13.4. The van der Waals surface area contributed by atoms with Crippen LogP contribution in [0.4, 0.5) is 5.69 Å². The largest absolute Gasteiger partial charge is 0.361 e. The van der Waals surface area contributed by atoms with E-state index in [1.165, 1.54) is 124 Å². The number of hydrogen-bond acceptors (Lipinski definition) is 3. The highest BCUT2D eigenvalue weighted by molar-refractivity contribution is 7.25. The molecule has 1 aliphatic heterocycles. The topological polar surface area (TPSA) is 21.9 Å². The van der Waals surface area contributed by atoms with Crippen LogP contribution in [0.3, 0.4) is 0 Å². The van der Waals surface area contributed by atoms with Crippen molar-refractivity contribution in [3.05, 3.63) is 216 Å². The van der Waals surface area contributed by atoms with Gasteiger partial charge in [0.2, 0.25) is 0 Å². The molecule has 13 aromatic rings. The Bertz CT molecular complexity index is 4150. The lowest BCUT2D eigenvalue weighted by Crippen LogP contribution is -1.93. The summed E-state index contributed by atoms with van der Waals surface area (Å²) in [7, 11) is 0. The summed E-state index contributed by atoms with van der Waals surface area (Å²) in [6.45, 7) is 0. The smallest absolute Gasteiger partial charge is 0.0555 e. The molecule has 3 nitrogen and oxygen atoms in total. The zero-order valence-electron chi connectivity index (χ0n) is 35.0. The van der Waals surface area contributed by atoms with Crippen molar-refractivity contribution in [3.8, 4) is 33.6 Å². The monoisotopic (exact) mass is 863 g/mol. The average Bonchev–Trinajstić information content (AvgIpc) is 4.10. The van der Waals surface area contributed by atoms with Gasteiger partial charge in [-0.3, -0.25) is 0 Å². The first-order chi connectivity index (χ1) is 32.2. The van der Waals surface area contributed by atoms with E-state index in [0.717, 1.165) is 5.69 Å². The van der Waals surface area contributed by atoms with Gasteiger partial charge in [-0.2, -0.15) is 0 Å². The minimum absolute atomic E-state index is 1.09. The van der Waals surface area contributed by atoms with Crippen LogP contribution in [0.5, 0.6) is 0 Å². The molecule has 304 valence electrons. The van der Waals surface area contributed by atoms with Crippen LogP contribution in [-0.2, 0) is 0 Å². The number of nitrogens with zero attached hydrogens (tertiary/aromatic N) is 2. The second kappa shape index (κ2) is 14.3. The van der Waals surface area contributed by atoms with Crippen molar-refractivity contribution in [2.75, 3.05) is 5.32 Å². The minimum Gasteiger partial charge on any atom is -0.361 e. The third-order valence-corrected chi connectivity index (χ3v) is 15.7. The van der Waals surface area contributed by atoms with Crippen molar-refractivity contribution in [1.29, 1.82) is 0 Å². The molecule has 0 radical (unpaired) electrons. The molecule has 1 aliphatic rings. The molecule has 0 amide bonds. The highest BCUT2D eigenvalue weighted by atomic mass is 32.1. The van der Waals surface area contributed by atoms with Gasteiger partial charge in [0.25, 0.3) is 0 Å². The van der Waals surface area contributed by atoms with Crippen molar-refractivity contribution < 1.29 is 0 Å². The quantitative estimate of drug-likeness (QED) is 0.188. The summed E-state index contributed by atoms with van der Waals surface area (Å²) in [6, 6.07) is 71.3. The highest BCUT2D eigenvalue weighted by Crippen LogP contribution is 2.46. The third kappa shape index (κ3) is 5.59. The molecule has 0 spiro atoms. The van der Waals surface area contributed by atoms with Gasteiger partial charge in [-0.05, 0) is 113 Å². The van der Waals surface area contributed by atoms with Crippen LogP contribution in [-0.4, -0.2) is 9.13 Å². The molecule has 5 heteroatoms. The van der Waals surface area contributed by atoms with Gasteiger partial charge in [-0.25, -0.2) is 0 Å². The number of para-hydroxylation sites is 4. The van der Waals surface area contributed by atoms with Gasteiger partial charge in [0.1, 0.15) is 0 Å². The standard InChI is InChI=1S/C60H37N3S2/c1-2-13-40(14-3-1)62-52-20-10-7-17-44(52)48-34-38(22-27-54(48)62)39-24-30-57-49(35-39)50-36-41(25-31-58(50)64-57)63-53-21-11-8-18-47(53)59-55(63)28-26-46-45-32-33-61-51-19-9-6-16-43(51)42-15-5-4-12-37(42)23-29-56(45)65-60(46)59/h1-36,61H/b29-23-,33-32+. The summed E-state index contributed by atoms with van der Waals surface area (Å²) in [5, 5.41) is 12.6. The first kappa shape index (κ1) is 36.5. The maximum absolute atomic E-state index is 3.64. The van der Waals surface area contributed by atoms with Crippen LogP contribution in [0.25, 0.3) is 126 Å². The predicted molar refractivity (Wildman–Crippen MR) is 282 cm³/mol. The Morgan fingerprint density at radius 2 is 1.03 bits per heavy atom. The van der Waals surface area contributed by atoms with E-state index in [4.69, 9.17) is 0 Å². The number of nitrogens with one attached hydrogen (secondary N) is 1. The molecule has 0 aliphatic carbocycles. The van der Waals surface area contributed by atoms with Crippen molar-refractivity contribution in [1.82, 2.24) is 9.13 Å². The lowest BCUT2D eigenvalue weighted by molar-refractivity contribution is 1.18. The Labute approximate surface area is 382 Å². The fourth-order valence-corrected chi connectivity index (χ4v) is 12.7. The van der Waals surface area contributed by atoms with Crippen LogP contribution in [0.15, 0.2) is 200 Å². The van der Waals surface area contributed by atoms with E-state index in [2.05, 4.69) is 233 Å². The Balaban J connectivity index is 0.917. The van der Waals surface area contributed by atoms with Gasteiger partial charge in [0, 0.05) is 91.1 Å². The number of fused-ring (bicyclic) bond motifs is 16. The van der Waals surface area contributed by atoms with Gasteiger partial charge in [0.05, 0.1) is 22.1 Å². The summed E-state index contributed by atoms with van der Waals surface area (Å²) in [6.07, 6.45) is 8.95. The molecule has 0 bridgehead atoms. The molecular formula is C60H37N3S2. The molecular weight excluding hydrogens is 827 g/mol. The molecule has 1 N–H and O–H groups in total. The summed E-state index contributed by atoms with van der Waals surface area (Å²) >= 11 is 3.76. The number of thiophene rings is 2. The van der Waals surface area contributed by atoms with Gasteiger partial charge >= 0.3 is 0 Å². The maximum Gasteiger partial charge on any atom is 0.0555 e. The summed E-state index contributed by atoms with van der Waals surface area (Å²) in [5.41, 5.74) is 15.6. The summed E-state index contributed by atoms with van der Waals surface area (Å²) in [5.74, 6) is 0. The molecule has 0 saturated carbocycles.